The molecule has 1 aromatic carbocycles. The highest BCUT2D eigenvalue weighted by Crippen LogP contribution is 2.60. The molecule has 164 valence electrons. The van der Waals surface area contributed by atoms with Gasteiger partial charge in [0, 0.05) is 51.3 Å². The van der Waals surface area contributed by atoms with Crippen LogP contribution in [0.2, 0.25) is 0 Å². The molecule has 7 nitrogen and oxygen atoms in total. The van der Waals surface area contributed by atoms with Crippen LogP contribution in [-0.4, -0.2) is 72.8 Å². The van der Waals surface area contributed by atoms with Crippen LogP contribution in [0.5, 0.6) is 11.7 Å². The van der Waals surface area contributed by atoms with Gasteiger partial charge < -0.3 is 23.9 Å². The molecule has 0 unspecified atom stereocenters. The molecule has 0 radical (unpaired) electrons. The van der Waals surface area contributed by atoms with Gasteiger partial charge in [-0.1, -0.05) is 18.2 Å². The molecule has 2 amide bonds. The lowest BCUT2D eigenvalue weighted by molar-refractivity contribution is -0.135. The maximum atomic E-state index is 12.9. The number of likely N-dealkylation sites (tertiary alicyclic amines) is 1. The zero-order valence-electron chi connectivity index (χ0n) is 18.0. The third kappa shape index (κ3) is 4.06. The van der Waals surface area contributed by atoms with Crippen molar-refractivity contribution in [1.82, 2.24) is 14.7 Å². The fourth-order valence-electron chi connectivity index (χ4n) is 4.90. The Bertz CT molecular complexity index is 941. The van der Waals surface area contributed by atoms with Gasteiger partial charge in [0.1, 0.15) is 5.75 Å². The minimum absolute atomic E-state index is 0.0992. The number of piperidine rings is 1. The van der Waals surface area contributed by atoms with E-state index in [1.165, 1.54) is 0 Å². The number of likely N-dealkylation sites (N-methyl/N-ethyl adjacent to an activating group) is 1. The van der Waals surface area contributed by atoms with Gasteiger partial charge in [-0.2, -0.15) is 0 Å². The number of furan rings is 1. The number of carbonyl (C=O) groups is 2. The fraction of sp³-hybridized carbons (Fsp3) is 0.500. The standard InChI is InChI=1S/C24H29N3O4/c1-25-13-15-27(16-14-25)22(28)19-17-24(19)9-11-26(12-10-24)23(29)20-7-8-21(31-20)30-18-5-3-2-4-6-18/h2-8,19H,9-17H2,1H3/t19-/m1/s1. The highest BCUT2D eigenvalue weighted by atomic mass is 16.6. The molecule has 3 fully saturated rings. The van der Waals surface area contributed by atoms with Gasteiger partial charge in [-0.15, -0.1) is 0 Å². The number of rotatable bonds is 4. The highest BCUT2D eigenvalue weighted by Gasteiger charge is 2.59. The first-order valence-electron chi connectivity index (χ1n) is 11.1. The Kier molecular flexibility index (Phi) is 5.22. The predicted octanol–water partition coefficient (Wildman–Crippen LogP) is 3.09. The minimum atomic E-state index is -0.111. The van der Waals surface area contributed by atoms with Crippen molar-refractivity contribution in [1.29, 1.82) is 0 Å². The predicted molar refractivity (Wildman–Crippen MR) is 115 cm³/mol. The quantitative estimate of drug-likeness (QED) is 0.756. The molecule has 1 aliphatic carbocycles. The normalized spacial score (nSPS) is 23.1. The van der Waals surface area contributed by atoms with E-state index >= 15 is 0 Å². The number of amides is 2. The summed E-state index contributed by atoms with van der Waals surface area (Å²) in [7, 11) is 2.10. The molecule has 0 N–H and O–H groups in total. The Morgan fingerprint density at radius 2 is 1.65 bits per heavy atom. The van der Waals surface area contributed by atoms with Crippen molar-refractivity contribution in [2.45, 2.75) is 19.3 Å². The molecule has 0 bridgehead atoms. The summed E-state index contributed by atoms with van der Waals surface area (Å²) in [4.78, 5) is 32.0. The molecule has 2 saturated heterocycles. The van der Waals surface area contributed by atoms with E-state index in [1.807, 2.05) is 40.1 Å². The largest absolute Gasteiger partial charge is 0.426 e. The van der Waals surface area contributed by atoms with E-state index in [2.05, 4.69) is 11.9 Å². The molecule has 3 aliphatic rings. The van der Waals surface area contributed by atoms with Crippen molar-refractivity contribution in [3.8, 4) is 11.7 Å². The van der Waals surface area contributed by atoms with Crippen molar-refractivity contribution in [2.75, 3.05) is 46.3 Å². The van der Waals surface area contributed by atoms with Crippen LogP contribution in [0.4, 0.5) is 0 Å². The monoisotopic (exact) mass is 423 g/mol. The Morgan fingerprint density at radius 3 is 2.35 bits per heavy atom. The molecule has 3 heterocycles. The third-order valence-corrected chi connectivity index (χ3v) is 7.10. The summed E-state index contributed by atoms with van der Waals surface area (Å²) in [6.45, 7) is 4.90. The molecular formula is C24H29N3O4. The van der Waals surface area contributed by atoms with Gasteiger partial charge in [0.2, 0.25) is 5.91 Å². The number of para-hydroxylation sites is 1. The van der Waals surface area contributed by atoms with E-state index in [9.17, 15) is 9.59 Å². The van der Waals surface area contributed by atoms with E-state index in [0.717, 1.165) is 45.4 Å². The summed E-state index contributed by atoms with van der Waals surface area (Å²) in [5.74, 6) is 1.62. The molecule has 1 atom stereocenters. The molecular weight excluding hydrogens is 394 g/mol. The van der Waals surface area contributed by atoms with Crippen LogP contribution in [0.15, 0.2) is 46.9 Å². The van der Waals surface area contributed by atoms with Crippen LogP contribution in [0.1, 0.15) is 29.8 Å². The fourth-order valence-corrected chi connectivity index (χ4v) is 4.90. The second-order valence-corrected chi connectivity index (χ2v) is 9.07. The number of benzene rings is 1. The average molecular weight is 424 g/mol. The lowest BCUT2D eigenvalue weighted by Gasteiger charge is -2.35. The number of hydrogen-bond donors (Lipinski definition) is 0. The zero-order chi connectivity index (χ0) is 21.4. The van der Waals surface area contributed by atoms with Crippen molar-refractivity contribution in [3.05, 3.63) is 48.2 Å². The lowest BCUT2D eigenvalue weighted by Crippen LogP contribution is -2.48. The molecule has 1 aromatic heterocycles. The van der Waals surface area contributed by atoms with Gasteiger partial charge in [0.25, 0.3) is 11.9 Å². The number of piperazine rings is 1. The maximum absolute atomic E-state index is 12.9. The number of carbonyl (C=O) groups excluding carboxylic acids is 2. The highest BCUT2D eigenvalue weighted by molar-refractivity contribution is 5.92. The SMILES string of the molecule is CN1CCN(C(=O)[C@H]2CC23CCN(C(=O)c2ccc(Oc4ccccc4)o2)CC3)CC1. The van der Waals surface area contributed by atoms with Crippen LogP contribution < -0.4 is 4.74 Å². The van der Waals surface area contributed by atoms with Crippen LogP contribution in [0, 0.1) is 11.3 Å². The van der Waals surface area contributed by atoms with Gasteiger partial charge in [0.05, 0.1) is 0 Å². The zero-order valence-corrected chi connectivity index (χ0v) is 18.0. The Labute approximate surface area is 182 Å². The Morgan fingerprint density at radius 1 is 0.935 bits per heavy atom. The maximum Gasteiger partial charge on any atom is 0.290 e. The van der Waals surface area contributed by atoms with E-state index in [4.69, 9.17) is 9.15 Å². The topological polar surface area (TPSA) is 66.2 Å². The van der Waals surface area contributed by atoms with Crippen LogP contribution >= 0.6 is 0 Å². The summed E-state index contributed by atoms with van der Waals surface area (Å²) >= 11 is 0. The van der Waals surface area contributed by atoms with E-state index in [0.29, 0.717) is 36.5 Å². The molecule has 2 aromatic rings. The first-order valence-corrected chi connectivity index (χ1v) is 11.1. The number of hydrogen-bond acceptors (Lipinski definition) is 5. The van der Waals surface area contributed by atoms with Crippen molar-refractivity contribution in [3.63, 3.8) is 0 Å². The third-order valence-electron chi connectivity index (χ3n) is 7.10. The van der Waals surface area contributed by atoms with E-state index < -0.39 is 0 Å². The minimum Gasteiger partial charge on any atom is -0.426 e. The summed E-state index contributed by atoms with van der Waals surface area (Å²) < 4.78 is 11.3. The van der Waals surface area contributed by atoms with Crippen LogP contribution in [-0.2, 0) is 4.79 Å². The molecule has 7 heteroatoms. The van der Waals surface area contributed by atoms with E-state index in [-0.39, 0.29) is 17.2 Å². The van der Waals surface area contributed by atoms with E-state index in [1.54, 1.807) is 12.1 Å². The molecule has 1 spiro atoms. The second kappa shape index (κ2) is 8.04. The van der Waals surface area contributed by atoms with Gasteiger partial charge in [0.15, 0.2) is 5.76 Å². The summed E-state index contributed by atoms with van der Waals surface area (Å²) in [6.07, 6.45) is 2.74. The molecule has 1 saturated carbocycles. The van der Waals surface area contributed by atoms with Gasteiger partial charge in [-0.05, 0) is 49.9 Å². The summed E-state index contributed by atoms with van der Waals surface area (Å²) in [5, 5.41) is 0. The van der Waals surface area contributed by atoms with Crippen LogP contribution in [0.25, 0.3) is 0 Å². The summed E-state index contributed by atoms with van der Waals surface area (Å²) in [6, 6.07) is 12.7. The van der Waals surface area contributed by atoms with Gasteiger partial charge >= 0.3 is 0 Å². The van der Waals surface area contributed by atoms with Crippen molar-refractivity contribution >= 4 is 11.8 Å². The molecule has 2 aliphatic heterocycles. The first-order chi connectivity index (χ1) is 15.0. The van der Waals surface area contributed by atoms with Crippen molar-refractivity contribution in [2.24, 2.45) is 11.3 Å². The first kappa shape index (κ1) is 20.1. The lowest BCUT2D eigenvalue weighted by atomic mass is 9.90. The van der Waals surface area contributed by atoms with Gasteiger partial charge in [-0.3, -0.25) is 9.59 Å². The summed E-state index contributed by atoms with van der Waals surface area (Å²) in [5.41, 5.74) is 0.0992. The van der Waals surface area contributed by atoms with Crippen LogP contribution in [0.3, 0.4) is 0 Å². The Hall–Kier alpha value is -2.80. The number of ether oxygens (including phenoxy) is 1. The van der Waals surface area contributed by atoms with Gasteiger partial charge in [-0.25, -0.2) is 0 Å². The van der Waals surface area contributed by atoms with Crippen molar-refractivity contribution < 1.29 is 18.7 Å². The molecule has 31 heavy (non-hydrogen) atoms. The average Bonchev–Trinajstić information content (AvgIpc) is 3.28. The second-order valence-electron chi connectivity index (χ2n) is 9.07. The number of nitrogens with zero attached hydrogens (tertiary/aromatic N) is 3. The molecule has 5 rings (SSSR count). The smallest absolute Gasteiger partial charge is 0.290 e. The Balaban J connectivity index is 1.14.